The SMILES string of the molecule is CCCCCCCCNCCC[C@@H](C)C1CC[C@H]2C3[C@H](OCCCN)CC4C[C@H](OCCCN)CCC4(C)[C@H]3CCC12C. The smallest absolute Gasteiger partial charge is 0.0611 e. The van der Waals surface area contributed by atoms with E-state index in [9.17, 15) is 0 Å². The topological polar surface area (TPSA) is 82.5 Å². The highest BCUT2D eigenvalue weighted by atomic mass is 16.5. The maximum absolute atomic E-state index is 6.86. The van der Waals surface area contributed by atoms with Crippen molar-refractivity contribution in [3.05, 3.63) is 0 Å². The van der Waals surface area contributed by atoms with Crippen LogP contribution in [0.3, 0.4) is 0 Å². The van der Waals surface area contributed by atoms with Crippen molar-refractivity contribution in [3.8, 4) is 0 Å². The molecule has 5 heteroatoms. The van der Waals surface area contributed by atoms with Gasteiger partial charge in [-0.1, -0.05) is 59.8 Å². The minimum Gasteiger partial charge on any atom is -0.378 e. The van der Waals surface area contributed by atoms with Crippen molar-refractivity contribution in [2.45, 2.75) is 155 Å². The monoisotopic (exact) mass is 604 g/mol. The summed E-state index contributed by atoms with van der Waals surface area (Å²) in [6, 6.07) is 0. The van der Waals surface area contributed by atoms with Crippen LogP contribution in [0.1, 0.15) is 143 Å². The zero-order valence-corrected chi connectivity index (χ0v) is 29.1. The van der Waals surface area contributed by atoms with E-state index in [-0.39, 0.29) is 0 Å². The summed E-state index contributed by atoms with van der Waals surface area (Å²) in [6.45, 7) is 15.8. The van der Waals surface area contributed by atoms with Gasteiger partial charge in [-0.15, -0.1) is 0 Å². The van der Waals surface area contributed by atoms with Gasteiger partial charge in [0.25, 0.3) is 0 Å². The molecule has 4 saturated carbocycles. The molecule has 0 aromatic carbocycles. The van der Waals surface area contributed by atoms with Crippen LogP contribution in [0.15, 0.2) is 0 Å². The lowest BCUT2D eigenvalue weighted by Crippen LogP contribution is -2.59. The summed E-state index contributed by atoms with van der Waals surface area (Å²) in [5.74, 6) is 4.77. The van der Waals surface area contributed by atoms with E-state index in [1.807, 2.05) is 0 Å². The first-order valence-corrected chi connectivity index (χ1v) is 19.2. The molecule has 0 radical (unpaired) electrons. The third-order valence-corrected chi connectivity index (χ3v) is 13.5. The summed E-state index contributed by atoms with van der Waals surface area (Å²) in [7, 11) is 0. The van der Waals surface area contributed by atoms with Crippen molar-refractivity contribution >= 4 is 0 Å². The van der Waals surface area contributed by atoms with Gasteiger partial charge in [-0.25, -0.2) is 0 Å². The maximum atomic E-state index is 6.86. The lowest BCUT2D eigenvalue weighted by atomic mass is 9.43. The molecule has 0 aliphatic heterocycles. The average molecular weight is 604 g/mol. The first-order chi connectivity index (χ1) is 20.9. The number of hydrogen-bond acceptors (Lipinski definition) is 5. The van der Waals surface area contributed by atoms with E-state index in [2.05, 4.69) is 33.0 Å². The van der Waals surface area contributed by atoms with Crippen LogP contribution >= 0.6 is 0 Å². The molecular weight excluding hydrogens is 530 g/mol. The molecule has 4 fully saturated rings. The van der Waals surface area contributed by atoms with Gasteiger partial charge < -0.3 is 26.3 Å². The normalized spacial score (nSPS) is 38.0. The van der Waals surface area contributed by atoms with Crippen LogP contribution in [0.25, 0.3) is 0 Å². The number of rotatable bonds is 20. The van der Waals surface area contributed by atoms with E-state index >= 15 is 0 Å². The Hall–Kier alpha value is -0.200. The summed E-state index contributed by atoms with van der Waals surface area (Å²) in [4.78, 5) is 0. The summed E-state index contributed by atoms with van der Waals surface area (Å²) in [6.07, 6.45) is 24.5. The van der Waals surface area contributed by atoms with Crippen molar-refractivity contribution in [2.75, 3.05) is 39.4 Å². The van der Waals surface area contributed by atoms with E-state index in [1.165, 1.54) is 116 Å². The maximum Gasteiger partial charge on any atom is 0.0611 e. The number of fused-ring (bicyclic) bond motifs is 5. The van der Waals surface area contributed by atoms with Crippen LogP contribution < -0.4 is 16.8 Å². The van der Waals surface area contributed by atoms with Gasteiger partial charge in [0.2, 0.25) is 0 Å². The average Bonchev–Trinajstić information content (AvgIpc) is 3.36. The molecule has 0 bridgehead atoms. The summed E-state index contributed by atoms with van der Waals surface area (Å²) in [5, 5.41) is 3.76. The van der Waals surface area contributed by atoms with E-state index in [0.717, 1.165) is 74.7 Å². The van der Waals surface area contributed by atoms with Crippen LogP contribution in [0, 0.1) is 46.3 Å². The summed E-state index contributed by atoms with van der Waals surface area (Å²) in [5.41, 5.74) is 12.6. The van der Waals surface area contributed by atoms with Gasteiger partial charge >= 0.3 is 0 Å². The van der Waals surface area contributed by atoms with E-state index in [4.69, 9.17) is 20.9 Å². The Morgan fingerprint density at radius 3 is 2.19 bits per heavy atom. The largest absolute Gasteiger partial charge is 0.378 e. The highest BCUT2D eigenvalue weighted by Gasteiger charge is 2.63. The molecule has 5 nitrogen and oxygen atoms in total. The van der Waals surface area contributed by atoms with Gasteiger partial charge in [-0.2, -0.15) is 0 Å². The number of unbranched alkanes of at least 4 members (excludes halogenated alkanes) is 5. The number of nitrogens with one attached hydrogen (secondary N) is 1. The Kier molecular flexibility index (Phi) is 14.6. The fourth-order valence-corrected chi connectivity index (χ4v) is 11.0. The second kappa shape index (κ2) is 17.6. The number of nitrogens with two attached hydrogens (primary N) is 2. The molecule has 252 valence electrons. The first-order valence-electron chi connectivity index (χ1n) is 19.2. The van der Waals surface area contributed by atoms with Gasteiger partial charge in [-0.05, 0) is 156 Å². The van der Waals surface area contributed by atoms with Crippen LogP contribution in [-0.4, -0.2) is 51.6 Å². The van der Waals surface area contributed by atoms with Gasteiger partial charge in [-0.3, -0.25) is 0 Å². The molecule has 4 rings (SSSR count). The van der Waals surface area contributed by atoms with Crippen molar-refractivity contribution in [2.24, 2.45) is 57.8 Å². The van der Waals surface area contributed by atoms with Crippen molar-refractivity contribution in [1.82, 2.24) is 5.32 Å². The molecule has 10 atom stereocenters. The third kappa shape index (κ3) is 8.79. The molecule has 0 aromatic rings. The van der Waals surface area contributed by atoms with E-state index < -0.39 is 0 Å². The molecule has 5 N–H and O–H groups in total. The predicted molar refractivity (Wildman–Crippen MR) is 182 cm³/mol. The molecule has 4 aliphatic rings. The van der Waals surface area contributed by atoms with Crippen LogP contribution in [0.4, 0.5) is 0 Å². The Labute approximate surface area is 267 Å². The van der Waals surface area contributed by atoms with Crippen molar-refractivity contribution < 1.29 is 9.47 Å². The van der Waals surface area contributed by atoms with Crippen LogP contribution in [-0.2, 0) is 9.47 Å². The highest BCUT2D eigenvalue weighted by molar-refractivity contribution is 5.12. The highest BCUT2D eigenvalue weighted by Crippen LogP contribution is 2.68. The Morgan fingerprint density at radius 2 is 1.42 bits per heavy atom. The molecule has 0 saturated heterocycles. The Bertz CT molecular complexity index is 780. The van der Waals surface area contributed by atoms with Crippen LogP contribution in [0.2, 0.25) is 0 Å². The number of hydrogen-bond donors (Lipinski definition) is 3. The minimum atomic E-state index is 0.405. The van der Waals surface area contributed by atoms with Gasteiger partial charge in [0.1, 0.15) is 0 Å². The van der Waals surface area contributed by atoms with E-state index in [1.54, 1.807) is 0 Å². The molecule has 4 aliphatic carbocycles. The van der Waals surface area contributed by atoms with E-state index in [0.29, 0.717) is 23.0 Å². The van der Waals surface area contributed by atoms with Gasteiger partial charge in [0.15, 0.2) is 0 Å². The zero-order valence-electron chi connectivity index (χ0n) is 29.1. The van der Waals surface area contributed by atoms with Crippen molar-refractivity contribution in [3.63, 3.8) is 0 Å². The fraction of sp³-hybridized carbons (Fsp3) is 1.00. The standard InChI is InChI=1S/C38H73N3O2/c1-5-6-7-8-9-10-23-41-24-11-14-29(2)32-15-16-33-36-34(18-20-38(32,33)4)37(3)19-17-31(42-25-12-21-39)27-30(37)28-35(36)43-26-13-22-40/h29-36,41H,5-28,39-40H2,1-4H3/t29-,30?,31-,32?,33+,34+,35-,36?,37?,38?/m1/s1. The molecular formula is C38H73N3O2. The molecule has 43 heavy (non-hydrogen) atoms. The second-order valence-corrected chi connectivity index (χ2v) is 16.1. The minimum absolute atomic E-state index is 0.405. The number of ether oxygens (including phenoxy) is 2. The molecule has 0 heterocycles. The van der Waals surface area contributed by atoms with Gasteiger partial charge in [0, 0.05) is 13.2 Å². The summed E-state index contributed by atoms with van der Waals surface area (Å²) >= 11 is 0. The lowest BCUT2D eigenvalue weighted by Gasteiger charge is -2.63. The Morgan fingerprint density at radius 1 is 0.744 bits per heavy atom. The predicted octanol–water partition coefficient (Wildman–Crippen LogP) is 8.09. The zero-order chi connectivity index (χ0) is 30.7. The van der Waals surface area contributed by atoms with Crippen molar-refractivity contribution in [1.29, 1.82) is 0 Å². The molecule has 0 amide bonds. The summed E-state index contributed by atoms with van der Waals surface area (Å²) < 4.78 is 13.2. The molecule has 5 unspecified atom stereocenters. The fourth-order valence-electron chi connectivity index (χ4n) is 11.0. The van der Waals surface area contributed by atoms with Crippen LogP contribution in [0.5, 0.6) is 0 Å². The second-order valence-electron chi connectivity index (χ2n) is 16.1. The van der Waals surface area contributed by atoms with Gasteiger partial charge in [0.05, 0.1) is 12.2 Å². The first kappa shape index (κ1) is 35.7. The quantitative estimate of drug-likeness (QED) is 0.123. The lowest BCUT2D eigenvalue weighted by molar-refractivity contribution is -0.191. The molecule has 0 spiro atoms. The Balaban J connectivity index is 1.34. The molecule has 0 aromatic heterocycles. The third-order valence-electron chi connectivity index (χ3n) is 13.5.